The number of aryl methyl sites for hydroxylation is 1. The van der Waals surface area contributed by atoms with Gasteiger partial charge in [-0.1, -0.05) is 36.4 Å². The first-order valence-electron chi connectivity index (χ1n) is 11.5. The monoisotopic (exact) mass is 454 g/mol. The fourth-order valence-corrected chi connectivity index (χ4v) is 4.20. The van der Waals surface area contributed by atoms with Gasteiger partial charge >= 0.3 is 0 Å². The summed E-state index contributed by atoms with van der Waals surface area (Å²) in [6.07, 6.45) is 5.95. The molecule has 4 rings (SSSR count). The maximum atomic E-state index is 13.2. The second-order valence-corrected chi connectivity index (χ2v) is 8.71. The van der Waals surface area contributed by atoms with Crippen molar-refractivity contribution in [2.24, 2.45) is 0 Å². The molecule has 0 bridgehead atoms. The Labute approximate surface area is 200 Å². The number of rotatable bonds is 6. The molecule has 1 aromatic heterocycles. The van der Waals surface area contributed by atoms with E-state index in [9.17, 15) is 9.59 Å². The number of carbonyl (C=O) groups is 2. The third kappa shape index (κ3) is 5.34. The average molecular weight is 455 g/mol. The van der Waals surface area contributed by atoms with Gasteiger partial charge in [0.05, 0.1) is 0 Å². The Morgan fingerprint density at radius 3 is 2.68 bits per heavy atom. The number of amides is 2. The quantitative estimate of drug-likeness (QED) is 0.572. The zero-order valence-electron chi connectivity index (χ0n) is 19.9. The van der Waals surface area contributed by atoms with E-state index in [0.717, 1.165) is 34.5 Å². The van der Waals surface area contributed by atoms with Gasteiger partial charge in [-0.25, -0.2) is 0 Å². The predicted octanol–water partition coefficient (Wildman–Crippen LogP) is 3.98. The Morgan fingerprint density at radius 2 is 1.91 bits per heavy atom. The third-order valence-corrected chi connectivity index (χ3v) is 6.16. The lowest BCUT2D eigenvalue weighted by molar-refractivity contribution is -0.116. The summed E-state index contributed by atoms with van der Waals surface area (Å²) in [6.45, 7) is 3.53. The van der Waals surface area contributed by atoms with Crippen LogP contribution in [-0.4, -0.2) is 42.3 Å². The van der Waals surface area contributed by atoms with Crippen LogP contribution in [0.5, 0.6) is 0 Å². The summed E-state index contributed by atoms with van der Waals surface area (Å²) < 4.78 is 0. The molecule has 0 saturated carbocycles. The van der Waals surface area contributed by atoms with Crippen LogP contribution in [0.4, 0.5) is 5.69 Å². The molecule has 1 aliphatic heterocycles. The number of benzene rings is 2. The Bertz CT molecular complexity index is 1220. The smallest absolute Gasteiger partial charge is 0.254 e. The minimum atomic E-state index is -0.144. The largest absolute Gasteiger partial charge is 0.378 e. The highest BCUT2D eigenvalue weighted by Crippen LogP contribution is 2.25. The number of nitrogens with zero attached hydrogens (tertiary/aromatic N) is 3. The van der Waals surface area contributed by atoms with E-state index in [4.69, 9.17) is 0 Å². The minimum Gasteiger partial charge on any atom is -0.378 e. The van der Waals surface area contributed by atoms with E-state index in [1.165, 1.54) is 5.56 Å². The Morgan fingerprint density at radius 1 is 1.12 bits per heavy atom. The maximum absolute atomic E-state index is 13.2. The normalized spacial score (nSPS) is 13.0. The van der Waals surface area contributed by atoms with Crippen LogP contribution in [0.3, 0.4) is 0 Å². The van der Waals surface area contributed by atoms with E-state index in [1.807, 2.05) is 91.6 Å². The molecule has 0 radical (unpaired) electrons. The molecule has 2 amide bonds. The number of fused-ring (bicyclic) bond motifs is 1. The van der Waals surface area contributed by atoms with E-state index in [1.54, 1.807) is 12.2 Å². The van der Waals surface area contributed by atoms with Crippen LogP contribution >= 0.6 is 0 Å². The van der Waals surface area contributed by atoms with Crippen molar-refractivity contribution < 1.29 is 9.59 Å². The Hall–Kier alpha value is -3.93. The number of hydrogen-bond donors (Lipinski definition) is 1. The summed E-state index contributed by atoms with van der Waals surface area (Å²) in [5.74, 6) is -0.120. The summed E-state index contributed by atoms with van der Waals surface area (Å²) in [5, 5.41) is 2.99. The lowest BCUT2D eigenvalue weighted by Crippen LogP contribution is -2.37. The van der Waals surface area contributed by atoms with Gasteiger partial charge in [-0.3, -0.25) is 14.6 Å². The van der Waals surface area contributed by atoms with E-state index in [2.05, 4.69) is 10.3 Å². The first-order chi connectivity index (χ1) is 16.4. The molecular weight excluding hydrogens is 424 g/mol. The van der Waals surface area contributed by atoms with Crippen LogP contribution in [0.25, 0.3) is 6.08 Å². The number of nitrogens with one attached hydrogen (secondary N) is 1. The molecule has 2 aromatic carbocycles. The highest BCUT2D eigenvalue weighted by atomic mass is 16.2. The van der Waals surface area contributed by atoms with Crippen molar-refractivity contribution in [2.75, 3.05) is 25.5 Å². The van der Waals surface area contributed by atoms with Gasteiger partial charge in [-0.2, -0.15) is 0 Å². The van der Waals surface area contributed by atoms with Crippen LogP contribution < -0.4 is 10.2 Å². The molecular formula is C28H30N4O2. The minimum absolute atomic E-state index is 0.0239. The second-order valence-electron chi connectivity index (χ2n) is 8.71. The number of aromatic nitrogens is 1. The molecule has 0 aliphatic carbocycles. The van der Waals surface area contributed by atoms with Crippen molar-refractivity contribution in [3.63, 3.8) is 0 Å². The first-order valence-corrected chi connectivity index (χ1v) is 11.5. The third-order valence-electron chi connectivity index (χ3n) is 6.16. The lowest BCUT2D eigenvalue weighted by Gasteiger charge is -2.31. The van der Waals surface area contributed by atoms with Crippen molar-refractivity contribution in [1.82, 2.24) is 15.2 Å². The number of pyridine rings is 1. The second kappa shape index (κ2) is 10.3. The first kappa shape index (κ1) is 23.2. The molecule has 34 heavy (non-hydrogen) atoms. The highest BCUT2D eigenvalue weighted by Gasteiger charge is 2.25. The summed E-state index contributed by atoms with van der Waals surface area (Å²) in [6, 6.07) is 17.4. The van der Waals surface area contributed by atoms with Crippen LogP contribution in [0.2, 0.25) is 0 Å². The topological polar surface area (TPSA) is 65.5 Å². The van der Waals surface area contributed by atoms with Crippen molar-refractivity contribution in [2.45, 2.75) is 26.4 Å². The van der Waals surface area contributed by atoms with Gasteiger partial charge in [0, 0.05) is 62.9 Å². The fraction of sp³-hybridized carbons (Fsp3) is 0.250. The van der Waals surface area contributed by atoms with Crippen LogP contribution in [0.15, 0.2) is 66.9 Å². The van der Waals surface area contributed by atoms with Gasteiger partial charge in [-0.05, 0) is 59.9 Å². The van der Waals surface area contributed by atoms with E-state index < -0.39 is 0 Å². The van der Waals surface area contributed by atoms with Gasteiger partial charge in [-0.15, -0.1) is 0 Å². The molecule has 0 unspecified atom stereocenters. The number of hydrogen-bond acceptors (Lipinski definition) is 4. The molecule has 2 heterocycles. The lowest BCUT2D eigenvalue weighted by atomic mass is 9.94. The zero-order chi connectivity index (χ0) is 24.1. The zero-order valence-corrected chi connectivity index (χ0v) is 19.9. The molecule has 6 nitrogen and oxygen atoms in total. The van der Waals surface area contributed by atoms with E-state index in [0.29, 0.717) is 25.2 Å². The van der Waals surface area contributed by atoms with Gasteiger partial charge in [0.15, 0.2) is 0 Å². The Balaban J connectivity index is 1.45. The van der Waals surface area contributed by atoms with Crippen molar-refractivity contribution >= 4 is 23.6 Å². The molecule has 3 aromatic rings. The molecule has 174 valence electrons. The van der Waals surface area contributed by atoms with Gasteiger partial charge in [0.2, 0.25) is 5.91 Å². The van der Waals surface area contributed by atoms with Crippen LogP contribution in [0, 0.1) is 6.92 Å². The van der Waals surface area contributed by atoms with Crippen molar-refractivity contribution in [1.29, 1.82) is 0 Å². The van der Waals surface area contributed by atoms with E-state index >= 15 is 0 Å². The van der Waals surface area contributed by atoms with Gasteiger partial charge in [0.1, 0.15) is 0 Å². The SMILES string of the molecule is Cc1ncc2c(c1CNC(=O)C=Cc1ccccc1)CCN(C(=O)c1cccc(N(C)C)c1)C2. The van der Waals surface area contributed by atoms with Crippen LogP contribution in [0.1, 0.15) is 38.3 Å². The average Bonchev–Trinajstić information content (AvgIpc) is 2.86. The molecule has 0 atom stereocenters. The fourth-order valence-electron chi connectivity index (χ4n) is 4.20. The number of anilines is 1. The highest BCUT2D eigenvalue weighted by molar-refractivity contribution is 5.95. The molecule has 0 spiro atoms. The van der Waals surface area contributed by atoms with Gasteiger partial charge < -0.3 is 15.1 Å². The summed E-state index contributed by atoms with van der Waals surface area (Å²) in [4.78, 5) is 33.9. The van der Waals surface area contributed by atoms with Crippen LogP contribution in [-0.2, 0) is 24.3 Å². The van der Waals surface area contributed by atoms with Crippen molar-refractivity contribution in [3.8, 4) is 0 Å². The maximum Gasteiger partial charge on any atom is 0.254 e. The molecule has 6 heteroatoms. The standard InChI is InChI=1S/C28H30N4O2/c1-20-26(18-30-27(33)13-12-21-8-5-4-6-9-21)25-14-15-32(19-23(25)17-29-20)28(34)22-10-7-11-24(16-22)31(2)3/h4-13,16-17H,14-15,18-19H2,1-3H3,(H,30,33). The molecule has 1 N–H and O–H groups in total. The molecule has 0 fully saturated rings. The molecule has 0 saturated heterocycles. The summed E-state index contributed by atoms with van der Waals surface area (Å²) in [5.41, 5.74) is 6.84. The van der Waals surface area contributed by atoms with E-state index in [-0.39, 0.29) is 11.8 Å². The van der Waals surface area contributed by atoms with Gasteiger partial charge in [0.25, 0.3) is 5.91 Å². The summed E-state index contributed by atoms with van der Waals surface area (Å²) in [7, 11) is 3.93. The summed E-state index contributed by atoms with van der Waals surface area (Å²) >= 11 is 0. The number of carbonyl (C=O) groups excluding carboxylic acids is 2. The Kier molecular flexibility index (Phi) is 7.07. The van der Waals surface area contributed by atoms with Crippen molar-refractivity contribution in [3.05, 3.63) is 100 Å². The predicted molar refractivity (Wildman–Crippen MR) is 136 cm³/mol. The molecule has 1 aliphatic rings.